The molecule has 1 saturated carbocycles. The van der Waals surface area contributed by atoms with Crippen molar-refractivity contribution >= 4 is 0 Å². The lowest BCUT2D eigenvalue weighted by Gasteiger charge is -1.96. The molecule has 1 saturated heterocycles. The van der Waals surface area contributed by atoms with E-state index in [1.54, 1.807) is 0 Å². The van der Waals surface area contributed by atoms with E-state index < -0.39 is 6.17 Å². The van der Waals surface area contributed by atoms with E-state index in [2.05, 4.69) is 5.32 Å². The van der Waals surface area contributed by atoms with Crippen LogP contribution in [0.1, 0.15) is 6.42 Å². The summed E-state index contributed by atoms with van der Waals surface area (Å²) in [5.41, 5.74) is 0. The van der Waals surface area contributed by atoms with Gasteiger partial charge in [-0.3, -0.25) is 0 Å². The number of hydrogen-bond acceptors (Lipinski definition) is 2. The third-order valence-corrected chi connectivity index (χ3v) is 1.88. The Kier molecular flexibility index (Phi) is 1.20. The number of halogens is 1. The fourth-order valence-electron chi connectivity index (χ4n) is 1.23. The van der Waals surface area contributed by atoms with E-state index in [9.17, 15) is 4.39 Å². The molecular formula is C6H10FNO. The van der Waals surface area contributed by atoms with Crippen molar-refractivity contribution in [3.05, 3.63) is 0 Å². The zero-order valence-corrected chi connectivity index (χ0v) is 5.14. The molecule has 3 heteroatoms. The highest BCUT2D eigenvalue weighted by Crippen LogP contribution is 2.31. The van der Waals surface area contributed by atoms with Gasteiger partial charge in [-0.1, -0.05) is 0 Å². The molecule has 9 heavy (non-hydrogen) atoms. The molecule has 0 bridgehead atoms. The zero-order valence-electron chi connectivity index (χ0n) is 5.14. The van der Waals surface area contributed by atoms with Crippen LogP contribution >= 0.6 is 0 Å². The van der Waals surface area contributed by atoms with Crippen molar-refractivity contribution in [2.45, 2.75) is 24.7 Å². The van der Waals surface area contributed by atoms with Crippen molar-refractivity contribution in [2.75, 3.05) is 13.2 Å². The van der Waals surface area contributed by atoms with Gasteiger partial charge in [-0.15, -0.1) is 0 Å². The first-order valence-electron chi connectivity index (χ1n) is 3.38. The molecule has 1 heterocycles. The summed E-state index contributed by atoms with van der Waals surface area (Å²) >= 11 is 0. The van der Waals surface area contributed by atoms with E-state index in [0.29, 0.717) is 6.61 Å². The van der Waals surface area contributed by atoms with Gasteiger partial charge in [-0.25, -0.2) is 4.39 Å². The number of alkyl halides is 1. The minimum Gasteiger partial charge on any atom is -0.373 e. The van der Waals surface area contributed by atoms with Crippen LogP contribution in [0.25, 0.3) is 0 Å². The molecule has 0 amide bonds. The number of nitrogens with one attached hydrogen (secondary N) is 1. The van der Waals surface area contributed by atoms with Gasteiger partial charge in [0.05, 0.1) is 6.04 Å². The Bertz CT molecular complexity index is 108. The van der Waals surface area contributed by atoms with Gasteiger partial charge in [0.15, 0.2) is 0 Å². The predicted octanol–water partition coefficient (Wildman–Crippen LogP) is 0.0852. The van der Waals surface area contributed by atoms with Crippen LogP contribution in [-0.4, -0.2) is 31.5 Å². The van der Waals surface area contributed by atoms with Crippen LogP contribution in [0.15, 0.2) is 0 Å². The van der Waals surface area contributed by atoms with E-state index in [1.807, 2.05) is 0 Å². The maximum atomic E-state index is 12.5. The van der Waals surface area contributed by atoms with Crippen molar-refractivity contribution in [1.82, 2.24) is 5.32 Å². The Hall–Kier alpha value is -0.150. The highest BCUT2D eigenvalue weighted by molar-refractivity contribution is 5.07. The molecule has 2 nitrogen and oxygen atoms in total. The average Bonchev–Trinajstić information content (AvgIpc) is 2.51. The molecule has 2 fully saturated rings. The fourth-order valence-corrected chi connectivity index (χ4v) is 1.23. The van der Waals surface area contributed by atoms with Crippen LogP contribution in [0.3, 0.4) is 0 Å². The van der Waals surface area contributed by atoms with Crippen LogP contribution in [0.4, 0.5) is 4.39 Å². The van der Waals surface area contributed by atoms with Crippen molar-refractivity contribution in [3.63, 3.8) is 0 Å². The molecule has 1 aliphatic heterocycles. The minimum atomic E-state index is -0.731. The van der Waals surface area contributed by atoms with Gasteiger partial charge in [0.2, 0.25) is 0 Å². The topological polar surface area (TPSA) is 21.3 Å². The van der Waals surface area contributed by atoms with Crippen molar-refractivity contribution < 1.29 is 9.13 Å². The second kappa shape index (κ2) is 1.92. The Balaban J connectivity index is 1.93. The van der Waals surface area contributed by atoms with E-state index in [1.165, 1.54) is 0 Å². The molecule has 0 aromatic carbocycles. The predicted molar refractivity (Wildman–Crippen MR) is 31.0 cm³/mol. The first-order chi connectivity index (χ1) is 4.39. The summed E-state index contributed by atoms with van der Waals surface area (Å²) in [4.78, 5) is 0. The summed E-state index contributed by atoms with van der Waals surface area (Å²) in [6.07, 6.45) is 0.164. The highest BCUT2D eigenvalue weighted by atomic mass is 19.1. The Labute approximate surface area is 53.4 Å². The van der Waals surface area contributed by atoms with Gasteiger partial charge in [0.1, 0.15) is 12.3 Å². The minimum absolute atomic E-state index is 0.0208. The van der Waals surface area contributed by atoms with Crippen molar-refractivity contribution in [2.24, 2.45) is 0 Å². The van der Waals surface area contributed by atoms with Crippen LogP contribution in [-0.2, 0) is 4.74 Å². The number of ether oxygens (including phenoxy) is 1. The standard InChI is InChI=1S/C6H10FNO/c7-4-5-6(4)9-3-1-2-8-5/h4-6,8H,1-3H2/t4-,5?,6-/m0/s1. The van der Waals surface area contributed by atoms with Crippen molar-refractivity contribution in [1.29, 1.82) is 0 Å². The maximum absolute atomic E-state index is 12.5. The summed E-state index contributed by atoms with van der Waals surface area (Å²) in [5, 5.41) is 3.07. The zero-order chi connectivity index (χ0) is 6.27. The Morgan fingerprint density at radius 1 is 1.56 bits per heavy atom. The van der Waals surface area contributed by atoms with Crippen LogP contribution in [0.5, 0.6) is 0 Å². The molecule has 0 aromatic heterocycles. The molecule has 1 N–H and O–H groups in total. The van der Waals surface area contributed by atoms with E-state index in [-0.39, 0.29) is 12.1 Å². The van der Waals surface area contributed by atoms with Crippen LogP contribution in [0.2, 0.25) is 0 Å². The van der Waals surface area contributed by atoms with Gasteiger partial charge in [0.25, 0.3) is 0 Å². The number of hydrogen-bond donors (Lipinski definition) is 1. The molecular weight excluding hydrogens is 121 g/mol. The third kappa shape index (κ3) is 0.843. The lowest BCUT2D eigenvalue weighted by molar-refractivity contribution is 0.105. The number of fused-ring (bicyclic) bond motifs is 1. The summed E-state index contributed by atoms with van der Waals surface area (Å²) in [6, 6.07) is 0.0208. The molecule has 0 spiro atoms. The first-order valence-corrected chi connectivity index (χ1v) is 3.38. The van der Waals surface area contributed by atoms with Crippen LogP contribution in [0, 0.1) is 0 Å². The SMILES string of the molecule is F[C@H]1C2NCCCO[C@H]21. The third-order valence-electron chi connectivity index (χ3n) is 1.88. The molecule has 3 atom stereocenters. The van der Waals surface area contributed by atoms with Crippen LogP contribution < -0.4 is 5.32 Å². The highest BCUT2D eigenvalue weighted by Gasteiger charge is 2.52. The van der Waals surface area contributed by atoms with Gasteiger partial charge in [0, 0.05) is 6.61 Å². The summed E-state index contributed by atoms with van der Waals surface area (Å²) in [7, 11) is 0. The summed E-state index contributed by atoms with van der Waals surface area (Å²) < 4.78 is 17.6. The molecule has 1 aliphatic carbocycles. The van der Waals surface area contributed by atoms with E-state index in [0.717, 1.165) is 13.0 Å². The normalized spacial score (nSPS) is 49.7. The van der Waals surface area contributed by atoms with E-state index in [4.69, 9.17) is 4.74 Å². The number of rotatable bonds is 0. The summed E-state index contributed by atoms with van der Waals surface area (Å²) in [6.45, 7) is 1.62. The average molecular weight is 131 g/mol. The molecule has 52 valence electrons. The lowest BCUT2D eigenvalue weighted by atomic mass is 10.4. The smallest absolute Gasteiger partial charge is 0.146 e. The fraction of sp³-hybridized carbons (Fsp3) is 1.00. The first kappa shape index (κ1) is 5.62. The quantitative estimate of drug-likeness (QED) is 0.503. The monoisotopic (exact) mass is 131 g/mol. The molecule has 1 unspecified atom stereocenters. The van der Waals surface area contributed by atoms with Gasteiger partial charge < -0.3 is 10.1 Å². The van der Waals surface area contributed by atoms with E-state index >= 15 is 0 Å². The van der Waals surface area contributed by atoms with Crippen molar-refractivity contribution in [3.8, 4) is 0 Å². The Morgan fingerprint density at radius 3 is 3.33 bits per heavy atom. The molecule has 0 radical (unpaired) electrons. The summed E-state index contributed by atoms with van der Waals surface area (Å²) in [5.74, 6) is 0. The largest absolute Gasteiger partial charge is 0.373 e. The second-order valence-corrected chi connectivity index (χ2v) is 2.61. The Morgan fingerprint density at radius 2 is 2.44 bits per heavy atom. The lowest BCUT2D eigenvalue weighted by Crippen LogP contribution is -2.19. The molecule has 0 aromatic rings. The van der Waals surface area contributed by atoms with Gasteiger partial charge in [-0.2, -0.15) is 0 Å². The second-order valence-electron chi connectivity index (χ2n) is 2.61. The molecule has 2 rings (SSSR count). The molecule has 2 aliphatic rings. The van der Waals surface area contributed by atoms with Gasteiger partial charge in [-0.05, 0) is 13.0 Å². The maximum Gasteiger partial charge on any atom is 0.146 e. The van der Waals surface area contributed by atoms with Gasteiger partial charge >= 0.3 is 0 Å².